The van der Waals surface area contributed by atoms with Gasteiger partial charge < -0.3 is 9.47 Å². The lowest BCUT2D eigenvalue weighted by Crippen LogP contribution is -2.34. The Kier molecular flexibility index (Phi) is 5.15. The van der Waals surface area contributed by atoms with Crippen LogP contribution < -0.4 is 0 Å². The lowest BCUT2D eigenvalue weighted by atomic mass is 9.90. The van der Waals surface area contributed by atoms with Gasteiger partial charge in [-0.15, -0.1) is 0 Å². The fraction of sp³-hybridized carbons (Fsp3) is 0.562. The molecule has 1 aliphatic heterocycles. The van der Waals surface area contributed by atoms with Gasteiger partial charge >= 0.3 is 5.97 Å². The van der Waals surface area contributed by atoms with Gasteiger partial charge in [-0.3, -0.25) is 9.69 Å². The molecule has 0 aromatic heterocycles. The molecule has 0 saturated carbocycles. The van der Waals surface area contributed by atoms with Crippen LogP contribution in [0.15, 0.2) is 30.3 Å². The van der Waals surface area contributed by atoms with Crippen LogP contribution in [0.1, 0.15) is 18.9 Å². The molecule has 0 amide bonds. The second-order valence-corrected chi connectivity index (χ2v) is 5.64. The van der Waals surface area contributed by atoms with Crippen LogP contribution in [0.5, 0.6) is 0 Å². The highest BCUT2D eigenvalue weighted by Gasteiger charge is 2.41. The van der Waals surface area contributed by atoms with Crippen LogP contribution in [0.2, 0.25) is 0 Å². The Morgan fingerprint density at radius 1 is 1.30 bits per heavy atom. The molecule has 1 saturated heterocycles. The highest BCUT2D eigenvalue weighted by molar-refractivity contribution is 5.77. The quantitative estimate of drug-likeness (QED) is 0.589. The number of carbonyl (C=O) groups excluding carboxylic acids is 1. The largest absolute Gasteiger partial charge is 0.463 e. The number of rotatable bonds is 6. The number of ether oxygens (including phenoxy) is 2. The van der Waals surface area contributed by atoms with E-state index in [4.69, 9.17) is 9.47 Å². The summed E-state index contributed by atoms with van der Waals surface area (Å²) in [6, 6.07) is 10.3. The summed E-state index contributed by atoms with van der Waals surface area (Å²) in [5, 5.41) is 0. The molecule has 4 heteroatoms. The number of esters is 1. The van der Waals surface area contributed by atoms with Crippen molar-refractivity contribution in [2.75, 3.05) is 33.4 Å². The van der Waals surface area contributed by atoms with Gasteiger partial charge in [0.25, 0.3) is 0 Å². The van der Waals surface area contributed by atoms with Crippen molar-refractivity contribution in [1.29, 1.82) is 0 Å². The maximum atomic E-state index is 12.1. The third kappa shape index (κ3) is 3.81. The van der Waals surface area contributed by atoms with E-state index in [-0.39, 0.29) is 11.4 Å². The summed E-state index contributed by atoms with van der Waals surface area (Å²) < 4.78 is 10.2. The van der Waals surface area contributed by atoms with Crippen molar-refractivity contribution in [3.8, 4) is 0 Å². The summed E-state index contributed by atoms with van der Waals surface area (Å²) >= 11 is 0. The van der Waals surface area contributed by atoms with Gasteiger partial charge in [0, 0.05) is 20.2 Å². The van der Waals surface area contributed by atoms with Crippen LogP contribution in [-0.4, -0.2) is 44.3 Å². The molecule has 4 nitrogen and oxygen atoms in total. The second-order valence-electron chi connectivity index (χ2n) is 5.64. The monoisotopic (exact) mass is 277 g/mol. The van der Waals surface area contributed by atoms with E-state index in [2.05, 4.69) is 17.0 Å². The van der Waals surface area contributed by atoms with Gasteiger partial charge in [0.2, 0.25) is 0 Å². The average molecular weight is 277 g/mol. The average Bonchev–Trinajstić information content (AvgIpc) is 2.83. The number of likely N-dealkylation sites (tertiary alicyclic amines) is 1. The number of benzene rings is 1. The second kappa shape index (κ2) is 6.86. The highest BCUT2D eigenvalue weighted by Crippen LogP contribution is 2.32. The van der Waals surface area contributed by atoms with Crippen molar-refractivity contribution < 1.29 is 14.3 Å². The minimum atomic E-state index is -0.386. The molecule has 0 radical (unpaired) electrons. The fourth-order valence-corrected chi connectivity index (χ4v) is 2.59. The van der Waals surface area contributed by atoms with Gasteiger partial charge in [0.1, 0.15) is 6.61 Å². The minimum absolute atomic E-state index is 0.106. The molecule has 0 N–H and O–H groups in total. The molecule has 1 unspecified atom stereocenters. The van der Waals surface area contributed by atoms with E-state index in [0.717, 1.165) is 26.1 Å². The number of carbonyl (C=O) groups is 1. The molecular weight excluding hydrogens is 254 g/mol. The zero-order valence-electron chi connectivity index (χ0n) is 12.3. The van der Waals surface area contributed by atoms with Crippen LogP contribution in [0.3, 0.4) is 0 Å². The summed E-state index contributed by atoms with van der Waals surface area (Å²) in [5.41, 5.74) is 0.896. The van der Waals surface area contributed by atoms with Crippen LogP contribution >= 0.6 is 0 Å². The van der Waals surface area contributed by atoms with Gasteiger partial charge in [-0.2, -0.15) is 0 Å². The lowest BCUT2D eigenvalue weighted by molar-refractivity contribution is -0.155. The van der Waals surface area contributed by atoms with Crippen LogP contribution in [-0.2, 0) is 20.8 Å². The maximum Gasteiger partial charge on any atom is 0.313 e. The Hall–Kier alpha value is -1.39. The molecule has 0 aliphatic carbocycles. The van der Waals surface area contributed by atoms with E-state index in [1.54, 1.807) is 7.11 Å². The Morgan fingerprint density at radius 3 is 2.75 bits per heavy atom. The van der Waals surface area contributed by atoms with Crippen molar-refractivity contribution in [3.63, 3.8) is 0 Å². The summed E-state index contributed by atoms with van der Waals surface area (Å²) in [6.45, 7) is 5.37. The molecule has 2 rings (SSSR count). The Bertz CT molecular complexity index is 435. The van der Waals surface area contributed by atoms with Crippen molar-refractivity contribution in [2.24, 2.45) is 5.41 Å². The topological polar surface area (TPSA) is 38.8 Å². The zero-order chi connectivity index (χ0) is 14.4. The Balaban J connectivity index is 1.85. The number of nitrogens with zero attached hydrogens (tertiary/aromatic N) is 1. The van der Waals surface area contributed by atoms with Gasteiger partial charge in [0.15, 0.2) is 0 Å². The van der Waals surface area contributed by atoms with Crippen LogP contribution in [0.4, 0.5) is 0 Å². The van der Waals surface area contributed by atoms with Crippen molar-refractivity contribution in [2.45, 2.75) is 19.9 Å². The first-order chi connectivity index (χ1) is 9.64. The van der Waals surface area contributed by atoms with Crippen molar-refractivity contribution >= 4 is 5.97 Å². The van der Waals surface area contributed by atoms with Crippen molar-refractivity contribution in [1.82, 2.24) is 4.90 Å². The fourth-order valence-electron chi connectivity index (χ4n) is 2.59. The van der Waals surface area contributed by atoms with Gasteiger partial charge in [-0.1, -0.05) is 30.3 Å². The molecule has 1 aliphatic rings. The zero-order valence-corrected chi connectivity index (χ0v) is 12.3. The normalized spacial score (nSPS) is 22.9. The predicted molar refractivity (Wildman–Crippen MR) is 77.3 cm³/mol. The standard InChI is InChI=1S/C16H23NO3/c1-16(15(18)20-11-10-19-2)8-9-17(13-16)12-14-6-4-3-5-7-14/h3-7H,8-13H2,1-2H3. The molecule has 1 fully saturated rings. The number of methoxy groups -OCH3 is 1. The van der Waals surface area contributed by atoms with Gasteiger partial charge in [-0.05, 0) is 25.5 Å². The molecule has 1 heterocycles. The van der Waals surface area contributed by atoms with Crippen LogP contribution in [0, 0.1) is 5.41 Å². The van der Waals surface area contributed by atoms with E-state index in [0.29, 0.717) is 13.2 Å². The predicted octanol–water partition coefficient (Wildman–Crippen LogP) is 2.09. The van der Waals surface area contributed by atoms with E-state index < -0.39 is 0 Å². The van der Waals surface area contributed by atoms with E-state index in [1.165, 1.54) is 5.56 Å². The molecule has 20 heavy (non-hydrogen) atoms. The van der Waals surface area contributed by atoms with Crippen molar-refractivity contribution in [3.05, 3.63) is 35.9 Å². The molecular formula is C16H23NO3. The minimum Gasteiger partial charge on any atom is -0.463 e. The highest BCUT2D eigenvalue weighted by atomic mass is 16.6. The summed E-state index contributed by atoms with van der Waals surface area (Å²) in [5.74, 6) is -0.106. The molecule has 1 aromatic carbocycles. The lowest BCUT2D eigenvalue weighted by Gasteiger charge is -2.22. The SMILES string of the molecule is COCCOC(=O)C1(C)CCN(Cc2ccccc2)C1. The Labute approximate surface area is 120 Å². The third-order valence-corrected chi connectivity index (χ3v) is 3.81. The number of hydrogen-bond donors (Lipinski definition) is 0. The molecule has 1 aromatic rings. The first kappa shape index (κ1) is 15.0. The summed E-state index contributed by atoms with van der Waals surface area (Å²) in [7, 11) is 1.60. The van der Waals surface area contributed by atoms with E-state index >= 15 is 0 Å². The van der Waals surface area contributed by atoms with E-state index in [9.17, 15) is 4.79 Å². The molecule has 110 valence electrons. The van der Waals surface area contributed by atoms with Crippen LogP contribution in [0.25, 0.3) is 0 Å². The summed E-state index contributed by atoms with van der Waals surface area (Å²) in [4.78, 5) is 14.4. The maximum absolute atomic E-state index is 12.1. The summed E-state index contributed by atoms with van der Waals surface area (Å²) in [6.07, 6.45) is 0.853. The first-order valence-electron chi connectivity index (χ1n) is 7.06. The van der Waals surface area contributed by atoms with E-state index in [1.807, 2.05) is 25.1 Å². The third-order valence-electron chi connectivity index (χ3n) is 3.81. The molecule has 0 spiro atoms. The van der Waals surface area contributed by atoms with Gasteiger partial charge in [0.05, 0.1) is 12.0 Å². The smallest absolute Gasteiger partial charge is 0.313 e. The first-order valence-corrected chi connectivity index (χ1v) is 7.06. The Morgan fingerprint density at radius 2 is 2.05 bits per heavy atom. The molecule has 0 bridgehead atoms. The molecule has 1 atom stereocenters. The van der Waals surface area contributed by atoms with Gasteiger partial charge in [-0.25, -0.2) is 0 Å². The number of hydrogen-bond acceptors (Lipinski definition) is 4.